The quantitative estimate of drug-likeness (QED) is 0.606. The lowest BCUT2D eigenvalue weighted by Gasteiger charge is -2.36. The van der Waals surface area contributed by atoms with E-state index < -0.39 is 13.7 Å². The number of hydrogen-bond acceptors (Lipinski definition) is 4. The van der Waals surface area contributed by atoms with Crippen molar-refractivity contribution in [1.82, 2.24) is 4.98 Å². The molecule has 5 heteroatoms. The molecule has 4 nitrogen and oxygen atoms in total. The lowest BCUT2D eigenvalue weighted by atomic mass is 9.89. The highest BCUT2D eigenvalue weighted by Gasteiger charge is 2.37. The molecule has 0 aliphatic carbocycles. The summed E-state index contributed by atoms with van der Waals surface area (Å²) in [5.74, 6) is -0.289. The van der Waals surface area contributed by atoms with E-state index in [1.54, 1.807) is 0 Å². The molecule has 0 spiro atoms. The zero-order valence-electron chi connectivity index (χ0n) is 15.1. The second kappa shape index (κ2) is 6.50. The van der Waals surface area contributed by atoms with Gasteiger partial charge >= 0.3 is 5.97 Å². The molecule has 1 heterocycles. The predicted octanol–water partition coefficient (Wildman–Crippen LogP) is 4.05. The molecule has 0 aliphatic heterocycles. The Morgan fingerprint density at radius 1 is 1.18 bits per heavy atom. The molecule has 0 saturated heterocycles. The number of pyridine rings is 1. The standard InChI is InChI=1S/C17H29NO3Si/c1-16(2,3)22(7,8)21-12-13-10-9-11-14(18-13)17(4,5)15(19)20-6/h9-11H,12H2,1-8H3. The van der Waals surface area contributed by atoms with Crippen LogP contribution in [-0.2, 0) is 26.0 Å². The van der Waals surface area contributed by atoms with Gasteiger partial charge < -0.3 is 9.16 Å². The monoisotopic (exact) mass is 323 g/mol. The van der Waals surface area contributed by atoms with Gasteiger partial charge in [-0.1, -0.05) is 26.8 Å². The third kappa shape index (κ3) is 4.17. The molecule has 0 saturated carbocycles. The summed E-state index contributed by atoms with van der Waals surface area (Å²) in [7, 11) is -0.414. The molecular weight excluding hydrogens is 294 g/mol. The number of esters is 1. The van der Waals surface area contributed by atoms with Crippen molar-refractivity contribution in [2.45, 2.75) is 64.8 Å². The van der Waals surface area contributed by atoms with Crippen LogP contribution in [0.1, 0.15) is 46.0 Å². The summed E-state index contributed by atoms with van der Waals surface area (Å²) in [6.07, 6.45) is 0. The zero-order valence-corrected chi connectivity index (χ0v) is 16.1. The molecular formula is C17H29NO3Si. The number of nitrogens with zero attached hydrogens (tertiary/aromatic N) is 1. The first kappa shape index (κ1) is 18.8. The van der Waals surface area contributed by atoms with Crippen LogP contribution in [0.3, 0.4) is 0 Å². The molecule has 0 atom stereocenters. The minimum Gasteiger partial charge on any atom is -0.468 e. The Morgan fingerprint density at radius 3 is 2.27 bits per heavy atom. The summed E-state index contributed by atoms with van der Waals surface area (Å²) in [6.45, 7) is 15.2. The SMILES string of the molecule is COC(=O)C(C)(C)c1cccc(CO[Si](C)(C)C(C)(C)C)n1. The van der Waals surface area contributed by atoms with E-state index in [1.165, 1.54) is 7.11 Å². The second-order valence-corrected chi connectivity index (χ2v) is 12.5. The van der Waals surface area contributed by atoms with Gasteiger partial charge in [0.15, 0.2) is 8.32 Å². The number of aromatic nitrogens is 1. The van der Waals surface area contributed by atoms with E-state index in [9.17, 15) is 4.79 Å². The van der Waals surface area contributed by atoms with Crippen LogP contribution in [0.15, 0.2) is 18.2 Å². The fraction of sp³-hybridized carbons (Fsp3) is 0.647. The Hall–Kier alpha value is -1.20. The number of carbonyl (C=O) groups excluding carboxylic acids is 1. The average molecular weight is 324 g/mol. The maximum absolute atomic E-state index is 11.9. The first-order chi connectivity index (χ1) is 9.91. The lowest BCUT2D eigenvalue weighted by Crippen LogP contribution is -2.40. The second-order valence-electron chi connectivity index (χ2n) is 7.68. The average Bonchev–Trinajstić information content (AvgIpc) is 2.43. The summed E-state index contributed by atoms with van der Waals surface area (Å²) in [6, 6.07) is 5.70. The molecule has 0 aromatic carbocycles. The Morgan fingerprint density at radius 2 is 1.77 bits per heavy atom. The van der Waals surface area contributed by atoms with E-state index in [2.05, 4.69) is 38.8 Å². The van der Waals surface area contributed by atoms with Gasteiger partial charge in [0, 0.05) is 0 Å². The largest absolute Gasteiger partial charge is 0.468 e. The Balaban J connectivity index is 2.93. The molecule has 0 unspecified atom stereocenters. The molecule has 22 heavy (non-hydrogen) atoms. The van der Waals surface area contributed by atoms with E-state index in [4.69, 9.17) is 9.16 Å². The first-order valence-corrected chi connectivity index (χ1v) is 10.5. The normalized spacial score (nSPS) is 13.1. The minimum atomic E-state index is -1.81. The summed E-state index contributed by atoms with van der Waals surface area (Å²) < 4.78 is 11.1. The molecule has 124 valence electrons. The van der Waals surface area contributed by atoms with Crippen LogP contribution in [-0.4, -0.2) is 26.4 Å². The van der Waals surface area contributed by atoms with Gasteiger partial charge in [0.1, 0.15) is 5.41 Å². The van der Waals surface area contributed by atoms with Gasteiger partial charge in [-0.2, -0.15) is 0 Å². The van der Waals surface area contributed by atoms with Crippen molar-refractivity contribution >= 4 is 14.3 Å². The molecule has 0 bridgehead atoms. The van der Waals surface area contributed by atoms with E-state index in [1.807, 2.05) is 32.0 Å². The smallest absolute Gasteiger partial charge is 0.317 e. The molecule has 1 rings (SSSR count). The van der Waals surface area contributed by atoms with Gasteiger partial charge in [0.25, 0.3) is 0 Å². The van der Waals surface area contributed by atoms with Gasteiger partial charge in [0.2, 0.25) is 0 Å². The molecule has 0 N–H and O–H groups in total. The minimum absolute atomic E-state index is 0.163. The summed E-state index contributed by atoms with van der Waals surface area (Å²) >= 11 is 0. The third-order valence-electron chi connectivity index (χ3n) is 4.53. The topological polar surface area (TPSA) is 48.4 Å². The highest BCUT2D eigenvalue weighted by Crippen LogP contribution is 2.37. The third-order valence-corrected chi connectivity index (χ3v) is 9.01. The van der Waals surface area contributed by atoms with Crippen LogP contribution >= 0.6 is 0 Å². The maximum Gasteiger partial charge on any atom is 0.317 e. The molecule has 0 radical (unpaired) electrons. The highest BCUT2D eigenvalue weighted by atomic mass is 28.4. The van der Waals surface area contributed by atoms with E-state index in [0.717, 1.165) is 5.69 Å². The molecule has 1 aromatic rings. The van der Waals surface area contributed by atoms with Gasteiger partial charge in [-0.15, -0.1) is 0 Å². The fourth-order valence-electron chi connectivity index (χ4n) is 1.74. The van der Waals surface area contributed by atoms with Crippen LogP contribution < -0.4 is 0 Å². The van der Waals surface area contributed by atoms with Crippen molar-refractivity contribution in [2.75, 3.05) is 7.11 Å². The highest BCUT2D eigenvalue weighted by molar-refractivity contribution is 6.74. The maximum atomic E-state index is 11.9. The van der Waals surface area contributed by atoms with E-state index in [-0.39, 0.29) is 11.0 Å². The van der Waals surface area contributed by atoms with Gasteiger partial charge in [-0.3, -0.25) is 9.78 Å². The van der Waals surface area contributed by atoms with Crippen molar-refractivity contribution in [3.8, 4) is 0 Å². The number of methoxy groups -OCH3 is 1. The van der Waals surface area contributed by atoms with Crippen molar-refractivity contribution in [3.63, 3.8) is 0 Å². The summed E-state index contributed by atoms with van der Waals surface area (Å²) in [5, 5.41) is 0.163. The van der Waals surface area contributed by atoms with Crippen molar-refractivity contribution in [1.29, 1.82) is 0 Å². The number of rotatable bonds is 5. The Kier molecular flexibility index (Phi) is 5.57. The van der Waals surface area contributed by atoms with Crippen molar-refractivity contribution in [3.05, 3.63) is 29.6 Å². The zero-order chi connectivity index (χ0) is 17.2. The van der Waals surface area contributed by atoms with Crippen LogP contribution in [0.25, 0.3) is 0 Å². The Bertz CT molecular complexity index is 533. The van der Waals surface area contributed by atoms with Gasteiger partial charge in [-0.05, 0) is 44.1 Å². The van der Waals surface area contributed by atoms with Crippen molar-refractivity contribution in [2.24, 2.45) is 0 Å². The van der Waals surface area contributed by atoms with Crippen LogP contribution in [0.4, 0.5) is 0 Å². The predicted molar refractivity (Wildman–Crippen MR) is 91.3 cm³/mol. The van der Waals surface area contributed by atoms with E-state index in [0.29, 0.717) is 12.3 Å². The van der Waals surface area contributed by atoms with E-state index >= 15 is 0 Å². The summed E-state index contributed by atoms with van der Waals surface area (Å²) in [4.78, 5) is 16.5. The lowest BCUT2D eigenvalue weighted by molar-refractivity contribution is -0.146. The number of hydrogen-bond donors (Lipinski definition) is 0. The molecule has 0 aliphatic rings. The van der Waals surface area contributed by atoms with Crippen LogP contribution in [0.2, 0.25) is 18.1 Å². The molecule has 1 aromatic heterocycles. The van der Waals surface area contributed by atoms with Gasteiger partial charge in [0.05, 0.1) is 25.1 Å². The fourth-order valence-corrected chi connectivity index (χ4v) is 2.68. The summed E-state index contributed by atoms with van der Waals surface area (Å²) in [5.41, 5.74) is 0.789. The number of carbonyl (C=O) groups is 1. The first-order valence-electron chi connectivity index (χ1n) is 7.60. The van der Waals surface area contributed by atoms with Gasteiger partial charge in [-0.25, -0.2) is 0 Å². The number of ether oxygens (including phenoxy) is 1. The Labute approximate surface area is 135 Å². The molecule has 0 fully saturated rings. The van der Waals surface area contributed by atoms with Crippen molar-refractivity contribution < 1.29 is 14.0 Å². The van der Waals surface area contributed by atoms with Crippen LogP contribution in [0.5, 0.6) is 0 Å². The molecule has 0 amide bonds. The van der Waals surface area contributed by atoms with Crippen LogP contribution in [0, 0.1) is 0 Å².